The summed E-state index contributed by atoms with van der Waals surface area (Å²) in [6.45, 7) is 0. The fraction of sp³-hybridized carbons (Fsp3) is 0. The van der Waals surface area contributed by atoms with Crippen LogP contribution in [-0.2, 0) is 0 Å². The molecule has 0 fully saturated rings. The zero-order chi connectivity index (χ0) is 27.8. The first kappa shape index (κ1) is 22.9. The van der Waals surface area contributed by atoms with Crippen LogP contribution in [0.3, 0.4) is 0 Å². The second-order valence-corrected chi connectivity index (χ2v) is 10.8. The van der Waals surface area contributed by atoms with Crippen LogP contribution in [0.1, 0.15) is 5.56 Å². The summed E-state index contributed by atoms with van der Waals surface area (Å²) >= 11 is 0. The number of para-hydroxylation sites is 1. The molecular weight excluding hydrogens is 514 g/mol. The van der Waals surface area contributed by atoms with Gasteiger partial charge >= 0.3 is 0 Å². The average molecular weight is 536 g/mol. The quantitative estimate of drug-likeness (QED) is 0.221. The molecule has 3 nitrogen and oxygen atoms in total. The second-order valence-electron chi connectivity index (χ2n) is 10.8. The molecule has 1 aliphatic heterocycles. The highest BCUT2D eigenvalue weighted by molar-refractivity contribution is 6.12. The summed E-state index contributed by atoms with van der Waals surface area (Å²) in [5.41, 5.74) is 9.09. The zero-order valence-electron chi connectivity index (χ0n) is 22.4. The lowest BCUT2D eigenvalue weighted by molar-refractivity contribution is 0.487. The van der Waals surface area contributed by atoms with E-state index in [0.29, 0.717) is 5.56 Å². The van der Waals surface area contributed by atoms with Crippen LogP contribution in [0.25, 0.3) is 76.9 Å². The Hall–Kier alpha value is -5.85. The number of nitriles is 1. The van der Waals surface area contributed by atoms with Crippen LogP contribution in [-0.4, -0.2) is 0 Å². The van der Waals surface area contributed by atoms with Gasteiger partial charge in [0.05, 0.1) is 11.6 Å². The standard InChI is InChI=1S/C39H21NO2/c40-22-25-14-15-27(29-7-2-1-6-26(25)29)23-13-17-32-34-19-18-28(33-9-5-11-36(39(33)34)42-38(32)20-23)24-12-16-31-30-8-3-4-10-35(30)41-37(31)21-24/h1-21H. The Kier molecular flexibility index (Phi) is 4.68. The van der Waals surface area contributed by atoms with E-state index in [0.717, 1.165) is 88.4 Å². The zero-order valence-corrected chi connectivity index (χ0v) is 22.4. The third kappa shape index (κ3) is 3.21. The molecule has 0 saturated heterocycles. The van der Waals surface area contributed by atoms with Crippen LogP contribution in [0.15, 0.2) is 132 Å². The molecule has 0 aliphatic carbocycles. The van der Waals surface area contributed by atoms with Crippen molar-refractivity contribution < 1.29 is 9.15 Å². The molecule has 9 rings (SSSR count). The van der Waals surface area contributed by atoms with Gasteiger partial charge < -0.3 is 9.15 Å². The molecule has 42 heavy (non-hydrogen) atoms. The minimum Gasteiger partial charge on any atom is -0.456 e. The predicted octanol–water partition coefficient (Wildman–Crippen LogP) is 10.9. The lowest BCUT2D eigenvalue weighted by atomic mass is 9.88. The number of furan rings is 1. The van der Waals surface area contributed by atoms with E-state index in [9.17, 15) is 5.26 Å². The summed E-state index contributed by atoms with van der Waals surface area (Å²) in [7, 11) is 0. The van der Waals surface area contributed by atoms with E-state index in [1.54, 1.807) is 0 Å². The van der Waals surface area contributed by atoms with Crippen LogP contribution < -0.4 is 4.74 Å². The fourth-order valence-corrected chi connectivity index (χ4v) is 6.59. The van der Waals surface area contributed by atoms with Gasteiger partial charge in [0.25, 0.3) is 0 Å². The summed E-state index contributed by atoms with van der Waals surface area (Å²) in [6, 6.07) is 46.1. The smallest absolute Gasteiger partial charge is 0.136 e. The number of benzene rings is 7. The van der Waals surface area contributed by atoms with Crippen LogP contribution >= 0.6 is 0 Å². The molecular formula is C39H21NO2. The van der Waals surface area contributed by atoms with E-state index < -0.39 is 0 Å². The molecule has 0 amide bonds. The summed E-state index contributed by atoms with van der Waals surface area (Å²) in [4.78, 5) is 0. The van der Waals surface area contributed by atoms with Gasteiger partial charge in [-0.25, -0.2) is 0 Å². The van der Waals surface area contributed by atoms with E-state index in [1.165, 1.54) is 0 Å². The lowest BCUT2D eigenvalue weighted by Crippen LogP contribution is -1.98. The number of fused-ring (bicyclic) bond motifs is 6. The average Bonchev–Trinajstić information content (AvgIpc) is 3.42. The normalized spacial score (nSPS) is 12.0. The van der Waals surface area contributed by atoms with Crippen LogP contribution in [0.5, 0.6) is 11.5 Å². The van der Waals surface area contributed by atoms with Crippen molar-refractivity contribution in [3.8, 4) is 50.9 Å². The molecule has 2 heterocycles. The number of hydrogen-bond donors (Lipinski definition) is 0. The maximum atomic E-state index is 9.61. The molecule has 0 bridgehead atoms. The van der Waals surface area contributed by atoms with Gasteiger partial charge in [-0.2, -0.15) is 5.26 Å². The van der Waals surface area contributed by atoms with Crippen molar-refractivity contribution in [2.75, 3.05) is 0 Å². The first-order valence-electron chi connectivity index (χ1n) is 14.0. The Morgan fingerprint density at radius 2 is 1.12 bits per heavy atom. The van der Waals surface area contributed by atoms with Gasteiger partial charge in [-0.1, -0.05) is 84.9 Å². The molecule has 194 valence electrons. The van der Waals surface area contributed by atoms with E-state index >= 15 is 0 Å². The monoisotopic (exact) mass is 535 g/mol. The van der Waals surface area contributed by atoms with Crippen molar-refractivity contribution in [2.45, 2.75) is 0 Å². The van der Waals surface area contributed by atoms with Crippen molar-refractivity contribution in [3.63, 3.8) is 0 Å². The minimum atomic E-state index is 0.680. The molecule has 0 radical (unpaired) electrons. The Labute approximate surface area is 241 Å². The topological polar surface area (TPSA) is 46.2 Å². The summed E-state index contributed by atoms with van der Waals surface area (Å²) in [5.74, 6) is 1.68. The SMILES string of the molecule is N#Cc1ccc(-c2ccc3c(c2)Oc2cccc4c(-c5ccc6c(c5)oc5ccccc56)ccc-3c24)c2ccccc12. The Balaban J connectivity index is 1.19. The third-order valence-electron chi connectivity index (χ3n) is 8.54. The molecule has 0 N–H and O–H groups in total. The van der Waals surface area contributed by atoms with Gasteiger partial charge in [-0.3, -0.25) is 0 Å². The van der Waals surface area contributed by atoms with Crippen molar-refractivity contribution in [2.24, 2.45) is 0 Å². The van der Waals surface area contributed by atoms with Gasteiger partial charge in [-0.15, -0.1) is 0 Å². The van der Waals surface area contributed by atoms with Crippen LogP contribution in [0, 0.1) is 11.3 Å². The van der Waals surface area contributed by atoms with E-state index in [4.69, 9.17) is 9.15 Å². The maximum absolute atomic E-state index is 9.61. The molecule has 1 aromatic heterocycles. The maximum Gasteiger partial charge on any atom is 0.136 e. The number of ether oxygens (including phenoxy) is 1. The molecule has 0 unspecified atom stereocenters. The van der Waals surface area contributed by atoms with Crippen molar-refractivity contribution in [1.29, 1.82) is 5.26 Å². The first-order valence-corrected chi connectivity index (χ1v) is 14.0. The molecule has 0 atom stereocenters. The van der Waals surface area contributed by atoms with E-state index in [1.807, 2.05) is 54.6 Å². The Morgan fingerprint density at radius 3 is 2.02 bits per heavy atom. The summed E-state index contributed by atoms with van der Waals surface area (Å²) in [6.07, 6.45) is 0. The molecule has 0 saturated carbocycles. The van der Waals surface area contributed by atoms with Crippen LogP contribution in [0.2, 0.25) is 0 Å². The van der Waals surface area contributed by atoms with Crippen molar-refractivity contribution in [3.05, 3.63) is 133 Å². The highest BCUT2D eigenvalue weighted by Crippen LogP contribution is 2.50. The largest absolute Gasteiger partial charge is 0.456 e. The van der Waals surface area contributed by atoms with Crippen molar-refractivity contribution in [1.82, 2.24) is 0 Å². The first-order chi connectivity index (χ1) is 20.8. The second kappa shape index (κ2) is 8.57. The van der Waals surface area contributed by atoms with Gasteiger partial charge in [0.2, 0.25) is 0 Å². The molecule has 1 aliphatic rings. The van der Waals surface area contributed by atoms with Gasteiger partial charge in [0.15, 0.2) is 0 Å². The number of nitrogens with zero attached hydrogens (tertiary/aromatic N) is 1. The van der Waals surface area contributed by atoms with E-state index in [-0.39, 0.29) is 0 Å². The van der Waals surface area contributed by atoms with Crippen molar-refractivity contribution >= 4 is 43.5 Å². The van der Waals surface area contributed by atoms with Gasteiger partial charge in [-0.05, 0) is 81.1 Å². The molecule has 8 aromatic rings. The molecule has 7 aromatic carbocycles. The molecule has 0 spiro atoms. The Morgan fingerprint density at radius 1 is 0.452 bits per heavy atom. The molecule has 3 heteroatoms. The van der Waals surface area contributed by atoms with Crippen LogP contribution in [0.4, 0.5) is 0 Å². The fourth-order valence-electron chi connectivity index (χ4n) is 6.59. The number of rotatable bonds is 2. The lowest BCUT2D eigenvalue weighted by Gasteiger charge is -2.23. The highest BCUT2D eigenvalue weighted by atomic mass is 16.5. The number of hydrogen-bond acceptors (Lipinski definition) is 3. The summed E-state index contributed by atoms with van der Waals surface area (Å²) < 4.78 is 12.8. The van der Waals surface area contributed by atoms with Gasteiger partial charge in [0, 0.05) is 27.1 Å². The Bertz CT molecular complexity index is 2460. The van der Waals surface area contributed by atoms with E-state index in [2.05, 4.69) is 78.9 Å². The van der Waals surface area contributed by atoms with Gasteiger partial charge in [0.1, 0.15) is 22.7 Å². The predicted molar refractivity (Wildman–Crippen MR) is 170 cm³/mol. The minimum absolute atomic E-state index is 0.680. The summed E-state index contributed by atoms with van der Waals surface area (Å²) in [5, 5.41) is 16.1. The third-order valence-corrected chi connectivity index (χ3v) is 8.54. The highest BCUT2D eigenvalue weighted by Gasteiger charge is 2.23.